The molecule has 2 amide bonds. The Labute approximate surface area is 197 Å². The van der Waals surface area contributed by atoms with E-state index in [0.717, 1.165) is 43.2 Å². The Kier molecular flexibility index (Phi) is 6.13. The van der Waals surface area contributed by atoms with Gasteiger partial charge in [-0.3, -0.25) is 5.32 Å². The van der Waals surface area contributed by atoms with E-state index in [1.165, 1.54) is 11.1 Å². The molecule has 0 fully saturated rings. The predicted octanol–water partition coefficient (Wildman–Crippen LogP) is 7.86. The number of carbonyl (C=O) groups is 1. The van der Waals surface area contributed by atoms with Crippen molar-refractivity contribution in [3.05, 3.63) is 76.3 Å². The summed E-state index contributed by atoms with van der Waals surface area (Å²) in [5.41, 5.74) is 7.03. The zero-order valence-electron chi connectivity index (χ0n) is 18.8. The van der Waals surface area contributed by atoms with Gasteiger partial charge in [-0.1, -0.05) is 41.9 Å². The van der Waals surface area contributed by atoms with Crippen LogP contribution in [-0.2, 0) is 0 Å². The molecular weight excluding hydrogens is 438 g/mol. The molecule has 0 radical (unpaired) electrons. The number of urea groups is 1. The number of rotatable bonds is 4. The third-order valence-corrected chi connectivity index (χ3v) is 7.04. The van der Waals surface area contributed by atoms with Crippen LogP contribution < -0.4 is 15.5 Å². The van der Waals surface area contributed by atoms with E-state index in [1.807, 2.05) is 68.4 Å². The van der Waals surface area contributed by atoms with E-state index in [-0.39, 0.29) is 6.03 Å². The van der Waals surface area contributed by atoms with Crippen molar-refractivity contribution in [1.29, 1.82) is 0 Å². The number of hydrogen-bond donors (Lipinski definition) is 2. The lowest BCUT2D eigenvalue weighted by Gasteiger charge is -2.20. The van der Waals surface area contributed by atoms with Crippen LogP contribution in [0.1, 0.15) is 16.7 Å². The highest BCUT2D eigenvalue weighted by Crippen LogP contribution is 2.45. The van der Waals surface area contributed by atoms with Crippen molar-refractivity contribution in [1.82, 2.24) is 0 Å². The number of nitrogens with zero attached hydrogens (tertiary/aromatic N) is 1. The third-order valence-electron chi connectivity index (χ3n) is 5.65. The molecule has 2 N–H and O–H groups in total. The van der Waals surface area contributed by atoms with Crippen LogP contribution in [-0.4, -0.2) is 20.1 Å². The summed E-state index contributed by atoms with van der Waals surface area (Å²) in [7, 11) is 3.92. The van der Waals surface area contributed by atoms with E-state index < -0.39 is 0 Å². The molecule has 0 unspecified atom stereocenters. The monoisotopic (exact) mass is 463 g/mol. The Hall–Kier alpha value is -3.02. The van der Waals surface area contributed by atoms with E-state index in [2.05, 4.69) is 36.6 Å². The van der Waals surface area contributed by atoms with Gasteiger partial charge in [-0.15, -0.1) is 11.3 Å². The molecule has 164 valence electrons. The number of aryl methyl sites for hydroxylation is 3. The van der Waals surface area contributed by atoms with Crippen molar-refractivity contribution in [2.75, 3.05) is 29.6 Å². The van der Waals surface area contributed by atoms with Gasteiger partial charge >= 0.3 is 6.03 Å². The van der Waals surface area contributed by atoms with Crippen molar-refractivity contribution in [3.8, 4) is 11.1 Å². The SMILES string of the molecule is Cc1cc2sc(NC(=O)Nc3c(C)cccc3N(C)C)c(-c3ccccc3Cl)c2cc1C. The number of nitrogens with one attached hydrogen (secondary N) is 2. The van der Waals surface area contributed by atoms with Crippen LogP contribution in [0.4, 0.5) is 21.2 Å². The smallest absolute Gasteiger partial charge is 0.324 e. The number of benzene rings is 3. The molecule has 0 saturated heterocycles. The number of anilines is 3. The highest BCUT2D eigenvalue weighted by atomic mass is 35.5. The number of halogens is 1. The highest BCUT2D eigenvalue weighted by molar-refractivity contribution is 7.23. The molecular formula is C26H26ClN3OS. The maximum Gasteiger partial charge on any atom is 0.324 e. The molecule has 0 aliphatic heterocycles. The Bertz CT molecular complexity index is 1330. The average molecular weight is 464 g/mol. The molecule has 4 nitrogen and oxygen atoms in total. The molecule has 32 heavy (non-hydrogen) atoms. The second kappa shape index (κ2) is 8.85. The summed E-state index contributed by atoms with van der Waals surface area (Å²) in [6, 6.07) is 17.8. The molecule has 4 rings (SSSR count). The Balaban J connectivity index is 1.78. The topological polar surface area (TPSA) is 44.4 Å². The van der Waals surface area contributed by atoms with Crippen LogP contribution >= 0.6 is 22.9 Å². The van der Waals surface area contributed by atoms with Crippen molar-refractivity contribution in [2.45, 2.75) is 20.8 Å². The Morgan fingerprint density at radius 2 is 1.62 bits per heavy atom. The first-order chi connectivity index (χ1) is 15.3. The van der Waals surface area contributed by atoms with Gasteiger partial charge in [0.1, 0.15) is 5.00 Å². The van der Waals surface area contributed by atoms with Crippen molar-refractivity contribution in [2.24, 2.45) is 0 Å². The maximum absolute atomic E-state index is 13.1. The van der Waals surface area contributed by atoms with Gasteiger partial charge in [-0.05, 0) is 61.7 Å². The van der Waals surface area contributed by atoms with Crippen LogP contribution in [0.15, 0.2) is 54.6 Å². The first-order valence-electron chi connectivity index (χ1n) is 10.4. The summed E-state index contributed by atoms with van der Waals surface area (Å²) in [6.07, 6.45) is 0. The van der Waals surface area contributed by atoms with Gasteiger partial charge in [0.2, 0.25) is 0 Å². The second-order valence-corrected chi connectivity index (χ2v) is 9.62. The van der Waals surface area contributed by atoms with Crippen molar-refractivity contribution >= 4 is 55.4 Å². The number of hydrogen-bond acceptors (Lipinski definition) is 3. The standard InChI is InChI=1S/C26H26ClN3OS/c1-15-9-8-12-21(30(4)5)24(15)28-26(31)29-25-23(18-10-6-7-11-20(18)27)19-13-16(2)17(3)14-22(19)32-25/h6-14H,1-5H3,(H2,28,29,31). The van der Waals surface area contributed by atoms with Crippen LogP contribution in [0.25, 0.3) is 21.2 Å². The summed E-state index contributed by atoms with van der Waals surface area (Å²) in [5, 5.41) is 8.67. The number of thiophene rings is 1. The summed E-state index contributed by atoms with van der Waals surface area (Å²) in [5.74, 6) is 0. The minimum atomic E-state index is -0.282. The molecule has 0 atom stereocenters. The lowest BCUT2D eigenvalue weighted by atomic mass is 10.0. The predicted molar refractivity (Wildman–Crippen MR) is 140 cm³/mol. The second-order valence-electron chi connectivity index (χ2n) is 8.16. The summed E-state index contributed by atoms with van der Waals surface area (Å²) < 4.78 is 1.11. The normalized spacial score (nSPS) is 10.9. The van der Waals surface area contributed by atoms with Crippen LogP contribution in [0, 0.1) is 20.8 Å². The van der Waals surface area contributed by atoms with Crippen LogP contribution in [0.2, 0.25) is 5.02 Å². The van der Waals surface area contributed by atoms with Gasteiger partial charge < -0.3 is 10.2 Å². The number of fused-ring (bicyclic) bond motifs is 1. The van der Waals surface area contributed by atoms with Crippen LogP contribution in [0.3, 0.4) is 0 Å². The molecule has 1 heterocycles. The first-order valence-corrected chi connectivity index (χ1v) is 11.6. The van der Waals surface area contributed by atoms with E-state index in [9.17, 15) is 4.79 Å². The molecule has 3 aromatic carbocycles. The summed E-state index contributed by atoms with van der Waals surface area (Å²) >= 11 is 8.14. The van der Waals surface area contributed by atoms with Gasteiger partial charge in [0, 0.05) is 40.3 Å². The van der Waals surface area contributed by atoms with E-state index >= 15 is 0 Å². The molecule has 0 spiro atoms. The third kappa shape index (κ3) is 4.18. The molecule has 0 saturated carbocycles. The van der Waals surface area contributed by atoms with E-state index in [0.29, 0.717) is 5.02 Å². The Morgan fingerprint density at radius 3 is 2.34 bits per heavy atom. The van der Waals surface area contributed by atoms with Crippen molar-refractivity contribution in [3.63, 3.8) is 0 Å². The van der Waals surface area contributed by atoms with Gasteiger partial charge in [-0.2, -0.15) is 0 Å². The number of amides is 2. The quantitative estimate of drug-likeness (QED) is 0.323. The molecule has 1 aromatic heterocycles. The molecule has 6 heteroatoms. The van der Waals surface area contributed by atoms with E-state index in [1.54, 1.807) is 11.3 Å². The van der Waals surface area contributed by atoms with Gasteiger partial charge in [0.05, 0.1) is 11.4 Å². The fourth-order valence-electron chi connectivity index (χ4n) is 3.81. The highest BCUT2D eigenvalue weighted by Gasteiger charge is 2.20. The number of para-hydroxylation sites is 1. The van der Waals surface area contributed by atoms with Crippen LogP contribution in [0.5, 0.6) is 0 Å². The van der Waals surface area contributed by atoms with Gasteiger partial charge in [0.25, 0.3) is 0 Å². The average Bonchev–Trinajstić information content (AvgIpc) is 3.06. The fraction of sp³-hybridized carbons (Fsp3) is 0.192. The van der Waals surface area contributed by atoms with Crippen molar-refractivity contribution < 1.29 is 4.79 Å². The zero-order valence-corrected chi connectivity index (χ0v) is 20.4. The fourth-order valence-corrected chi connectivity index (χ4v) is 5.23. The lowest BCUT2D eigenvalue weighted by molar-refractivity contribution is 0.262. The summed E-state index contributed by atoms with van der Waals surface area (Å²) in [6.45, 7) is 6.19. The van der Waals surface area contributed by atoms with Gasteiger partial charge in [0.15, 0.2) is 0 Å². The van der Waals surface area contributed by atoms with Gasteiger partial charge in [-0.25, -0.2) is 4.79 Å². The summed E-state index contributed by atoms with van der Waals surface area (Å²) in [4.78, 5) is 15.1. The zero-order chi connectivity index (χ0) is 23.0. The largest absolute Gasteiger partial charge is 0.376 e. The minimum absolute atomic E-state index is 0.282. The molecule has 0 aliphatic carbocycles. The lowest BCUT2D eigenvalue weighted by Crippen LogP contribution is -2.22. The van der Waals surface area contributed by atoms with E-state index in [4.69, 9.17) is 11.6 Å². The minimum Gasteiger partial charge on any atom is -0.376 e. The maximum atomic E-state index is 13.1. The number of carbonyl (C=O) groups excluding carboxylic acids is 1. The first kappa shape index (κ1) is 22.2. The Morgan fingerprint density at radius 1 is 0.906 bits per heavy atom. The molecule has 4 aromatic rings. The molecule has 0 aliphatic rings. The molecule has 0 bridgehead atoms.